The summed E-state index contributed by atoms with van der Waals surface area (Å²) in [5.41, 5.74) is 0. The van der Waals surface area contributed by atoms with Crippen molar-refractivity contribution in [2.45, 2.75) is 33.7 Å². The lowest BCUT2D eigenvalue weighted by Crippen LogP contribution is -2.05. The normalized spacial score (nSPS) is 11.5. The lowest BCUT2D eigenvalue weighted by Gasteiger charge is -1.99. The quantitative estimate of drug-likeness (QED) is 0.684. The third kappa shape index (κ3) is 2.29. The molecule has 1 rings (SSSR count). The summed E-state index contributed by atoms with van der Waals surface area (Å²) in [6.45, 7) is 8.24. The summed E-state index contributed by atoms with van der Waals surface area (Å²) in [5, 5.41) is 12.0. The van der Waals surface area contributed by atoms with E-state index in [1.807, 2.05) is 20.3 Å². The van der Waals surface area contributed by atoms with E-state index in [0.717, 1.165) is 5.82 Å². The van der Waals surface area contributed by atoms with Crippen molar-refractivity contribution in [3.05, 3.63) is 12.2 Å². The molecule has 0 atom stereocenters. The monoisotopic (exact) mass is 167 g/mol. The average Bonchev–Trinajstić information content (AvgIpc) is 2.34. The van der Waals surface area contributed by atoms with Gasteiger partial charge in [0.1, 0.15) is 0 Å². The first-order chi connectivity index (χ1) is 5.59. The number of hydrogen-bond acceptors (Lipinski definition) is 3. The molecule has 67 valence electrons. The average molecular weight is 167 g/mol. The molecule has 4 nitrogen and oxygen atoms in total. The van der Waals surface area contributed by atoms with Crippen LogP contribution >= 0.6 is 0 Å². The molecular formula is C8H15N4. The molecule has 1 heterocycles. The first-order valence-electron chi connectivity index (χ1n) is 4.24. The van der Waals surface area contributed by atoms with E-state index < -0.39 is 0 Å². The Morgan fingerprint density at radius 3 is 2.33 bits per heavy atom. The van der Waals surface area contributed by atoms with Gasteiger partial charge in [-0.05, 0) is 25.0 Å². The third-order valence-electron chi connectivity index (χ3n) is 1.39. The Morgan fingerprint density at radius 1 is 1.25 bits per heavy atom. The zero-order valence-corrected chi connectivity index (χ0v) is 8.02. The van der Waals surface area contributed by atoms with Gasteiger partial charge in [0, 0.05) is 6.42 Å². The fraction of sp³-hybridized carbons (Fsp3) is 0.750. The Morgan fingerprint density at radius 2 is 1.92 bits per heavy atom. The highest BCUT2D eigenvalue weighted by Crippen LogP contribution is 2.05. The van der Waals surface area contributed by atoms with Gasteiger partial charge in [-0.2, -0.15) is 4.80 Å². The van der Waals surface area contributed by atoms with Crippen LogP contribution in [-0.2, 0) is 0 Å². The van der Waals surface area contributed by atoms with Crippen LogP contribution in [0, 0.1) is 12.3 Å². The van der Waals surface area contributed by atoms with Gasteiger partial charge >= 0.3 is 0 Å². The molecule has 0 N–H and O–H groups in total. The van der Waals surface area contributed by atoms with Gasteiger partial charge in [-0.25, -0.2) is 0 Å². The molecule has 0 amide bonds. The van der Waals surface area contributed by atoms with Crippen LogP contribution in [0.3, 0.4) is 0 Å². The summed E-state index contributed by atoms with van der Waals surface area (Å²) in [7, 11) is 0. The predicted octanol–water partition coefficient (Wildman–Crippen LogP) is 1.46. The molecule has 0 bridgehead atoms. The van der Waals surface area contributed by atoms with Crippen molar-refractivity contribution >= 4 is 0 Å². The molecule has 0 aliphatic carbocycles. The van der Waals surface area contributed by atoms with E-state index in [2.05, 4.69) is 29.3 Å². The molecule has 0 saturated heterocycles. The summed E-state index contributed by atoms with van der Waals surface area (Å²) >= 11 is 0. The maximum absolute atomic E-state index is 4.19. The molecule has 4 heteroatoms. The molecule has 0 fully saturated rings. The van der Waals surface area contributed by atoms with Gasteiger partial charge in [0.05, 0.1) is 6.04 Å². The van der Waals surface area contributed by atoms with Crippen molar-refractivity contribution in [2.24, 2.45) is 5.92 Å². The Balaban J connectivity index is 2.64. The van der Waals surface area contributed by atoms with Crippen molar-refractivity contribution in [3.8, 4) is 0 Å². The molecule has 0 aromatic carbocycles. The van der Waals surface area contributed by atoms with Gasteiger partial charge < -0.3 is 0 Å². The lowest BCUT2D eigenvalue weighted by molar-refractivity contribution is 0.454. The van der Waals surface area contributed by atoms with Gasteiger partial charge in [-0.3, -0.25) is 0 Å². The number of hydrogen-bond donors (Lipinski definition) is 0. The van der Waals surface area contributed by atoms with Crippen LogP contribution in [0.15, 0.2) is 0 Å². The molecule has 0 unspecified atom stereocenters. The zero-order valence-electron chi connectivity index (χ0n) is 8.02. The number of tetrazole rings is 1. The summed E-state index contributed by atoms with van der Waals surface area (Å²) in [4.78, 5) is 1.62. The van der Waals surface area contributed by atoms with E-state index in [0.29, 0.717) is 5.92 Å². The minimum Gasteiger partial charge on any atom is -0.162 e. The van der Waals surface area contributed by atoms with Gasteiger partial charge in [-0.1, -0.05) is 13.8 Å². The molecule has 0 aliphatic heterocycles. The number of nitrogens with zero attached hydrogens (tertiary/aromatic N) is 4. The van der Waals surface area contributed by atoms with Crippen LogP contribution in [-0.4, -0.2) is 20.2 Å². The summed E-state index contributed by atoms with van der Waals surface area (Å²) in [5.74, 6) is 1.19. The Hall–Kier alpha value is -0.930. The van der Waals surface area contributed by atoms with Crippen molar-refractivity contribution < 1.29 is 0 Å². The van der Waals surface area contributed by atoms with Crippen molar-refractivity contribution in [1.29, 1.82) is 0 Å². The minimum absolute atomic E-state index is 0.284. The van der Waals surface area contributed by atoms with E-state index in [1.54, 1.807) is 4.80 Å². The molecule has 0 spiro atoms. The Labute approximate surface area is 73.0 Å². The molecule has 0 aliphatic rings. The fourth-order valence-corrected chi connectivity index (χ4v) is 0.820. The highest BCUT2D eigenvalue weighted by atomic mass is 15.6. The Bertz CT molecular complexity index is 239. The SMILES string of the molecule is CC(C)[CH]c1nnn(C(C)C)n1. The van der Waals surface area contributed by atoms with Gasteiger partial charge in [0.25, 0.3) is 0 Å². The second-order valence-electron chi connectivity index (χ2n) is 3.47. The Kier molecular flexibility index (Phi) is 2.78. The second kappa shape index (κ2) is 3.65. The zero-order chi connectivity index (χ0) is 9.14. The summed E-state index contributed by atoms with van der Waals surface area (Å²) in [6, 6.07) is 0.284. The van der Waals surface area contributed by atoms with Crippen molar-refractivity contribution in [3.63, 3.8) is 0 Å². The van der Waals surface area contributed by atoms with E-state index in [4.69, 9.17) is 0 Å². The summed E-state index contributed by atoms with van der Waals surface area (Å²) < 4.78 is 0. The molecule has 1 aromatic heterocycles. The molecule has 0 saturated carbocycles. The van der Waals surface area contributed by atoms with Gasteiger partial charge in [-0.15, -0.1) is 10.2 Å². The molecular weight excluding hydrogens is 152 g/mol. The van der Waals surface area contributed by atoms with E-state index in [-0.39, 0.29) is 6.04 Å². The van der Waals surface area contributed by atoms with E-state index >= 15 is 0 Å². The maximum atomic E-state index is 4.19. The third-order valence-corrected chi connectivity index (χ3v) is 1.39. The predicted molar refractivity (Wildman–Crippen MR) is 46.4 cm³/mol. The molecule has 1 aromatic rings. The van der Waals surface area contributed by atoms with Crippen LogP contribution in [0.2, 0.25) is 0 Å². The smallest absolute Gasteiger partial charge is 0.162 e. The highest BCUT2D eigenvalue weighted by Gasteiger charge is 2.06. The van der Waals surface area contributed by atoms with Crippen LogP contribution in [0.25, 0.3) is 0 Å². The largest absolute Gasteiger partial charge is 0.178 e. The first-order valence-corrected chi connectivity index (χ1v) is 4.24. The topological polar surface area (TPSA) is 43.6 Å². The standard InChI is InChI=1S/C8H15N4/c1-6(2)5-8-9-11-12(10-8)7(3)4/h5-7H,1-4H3. The van der Waals surface area contributed by atoms with E-state index in [9.17, 15) is 0 Å². The summed E-state index contributed by atoms with van der Waals surface area (Å²) in [6.07, 6.45) is 1.99. The molecule has 1 radical (unpaired) electrons. The van der Waals surface area contributed by atoms with Crippen LogP contribution in [0.4, 0.5) is 0 Å². The highest BCUT2D eigenvalue weighted by molar-refractivity contribution is 4.96. The number of aromatic nitrogens is 4. The number of rotatable bonds is 3. The first kappa shape index (κ1) is 9.16. The van der Waals surface area contributed by atoms with Crippen LogP contribution in [0.1, 0.15) is 39.6 Å². The molecule has 12 heavy (non-hydrogen) atoms. The van der Waals surface area contributed by atoms with Gasteiger partial charge in [0.2, 0.25) is 0 Å². The van der Waals surface area contributed by atoms with Crippen molar-refractivity contribution in [1.82, 2.24) is 20.2 Å². The van der Waals surface area contributed by atoms with Crippen LogP contribution in [0.5, 0.6) is 0 Å². The van der Waals surface area contributed by atoms with Crippen molar-refractivity contribution in [2.75, 3.05) is 0 Å². The second-order valence-corrected chi connectivity index (χ2v) is 3.47. The maximum Gasteiger partial charge on any atom is 0.178 e. The fourth-order valence-electron chi connectivity index (χ4n) is 0.820. The lowest BCUT2D eigenvalue weighted by atomic mass is 10.1. The van der Waals surface area contributed by atoms with Crippen LogP contribution < -0.4 is 0 Å². The van der Waals surface area contributed by atoms with E-state index in [1.165, 1.54) is 0 Å². The minimum atomic E-state index is 0.284. The van der Waals surface area contributed by atoms with Gasteiger partial charge in [0.15, 0.2) is 5.82 Å².